The van der Waals surface area contributed by atoms with Gasteiger partial charge in [0.05, 0.1) is 27.1 Å². The Bertz CT molecular complexity index is 750. The molecule has 0 aromatic heterocycles. The van der Waals surface area contributed by atoms with Crippen LogP contribution in [0.5, 0.6) is 0 Å². The highest BCUT2D eigenvalue weighted by Gasteiger charge is 2.13. The summed E-state index contributed by atoms with van der Waals surface area (Å²) in [6.07, 6.45) is 0. The summed E-state index contributed by atoms with van der Waals surface area (Å²) in [5.74, 6) is -3.91. The van der Waals surface area contributed by atoms with Gasteiger partial charge >= 0.3 is 11.9 Å². The smallest absolute Gasteiger partial charge is 0.336 e. The molecule has 2 aromatic rings. The lowest BCUT2D eigenvalue weighted by atomic mass is 10.1. The molecule has 0 heterocycles. The number of rotatable bonds is 3. The topological polar surface area (TPSA) is 142 Å². The summed E-state index contributed by atoms with van der Waals surface area (Å²) < 4.78 is 0. The predicted octanol–water partition coefficient (Wildman–Crippen LogP) is 1.31. The van der Waals surface area contributed by atoms with Gasteiger partial charge in [0.15, 0.2) is 0 Å². The van der Waals surface area contributed by atoms with Gasteiger partial charge in [-0.2, -0.15) is 0 Å². The van der Waals surface area contributed by atoms with E-state index in [9.17, 15) is 19.5 Å². The molecular weight excluding hydrogens is 361 g/mol. The number of hydrogen-bond acceptors (Lipinski definition) is 4. The van der Waals surface area contributed by atoms with E-state index >= 15 is 0 Å². The molecule has 0 radical (unpaired) electrons. The van der Waals surface area contributed by atoms with E-state index in [1.807, 2.05) is 0 Å². The molecule has 2 aromatic carbocycles. The van der Waals surface area contributed by atoms with Crippen LogP contribution in [0.4, 0.5) is 5.69 Å². The summed E-state index contributed by atoms with van der Waals surface area (Å²) in [7, 11) is 0. The first-order valence-electron chi connectivity index (χ1n) is 6.22. The number of quaternary nitrogens is 1. The lowest BCUT2D eigenvalue weighted by Crippen LogP contribution is -2.39. The van der Waals surface area contributed by atoms with E-state index in [4.69, 9.17) is 33.4 Å². The first-order valence-corrected chi connectivity index (χ1v) is 6.98. The molecule has 0 saturated carbocycles. The summed E-state index contributed by atoms with van der Waals surface area (Å²) in [6.45, 7) is 0. The quantitative estimate of drug-likeness (QED) is 0.742. The average Bonchev–Trinajstić information content (AvgIpc) is 2.50. The third kappa shape index (κ3) is 5.24. The number of carboxylic acids is 3. The molecule has 0 aliphatic rings. The van der Waals surface area contributed by atoms with Crippen molar-refractivity contribution >= 4 is 46.8 Å². The highest BCUT2D eigenvalue weighted by molar-refractivity contribution is 6.42. The minimum absolute atomic E-state index is 0.0194. The van der Waals surface area contributed by atoms with Crippen molar-refractivity contribution in [3.05, 3.63) is 63.1 Å². The van der Waals surface area contributed by atoms with Crippen LogP contribution in [0.15, 0.2) is 36.4 Å². The standard InChI is InChI=1S/C8H4Cl2O4.C7H7NO2/c9-5-1-3(7(11)12)4(8(13)14)2-6(5)10;8-6-3-1-5(2-4-6)7(9)10/h1-2H,(H,11,12)(H,13,14);1-4H,8H2,(H,9,10). The van der Waals surface area contributed by atoms with Crippen molar-refractivity contribution in [2.24, 2.45) is 0 Å². The van der Waals surface area contributed by atoms with Crippen molar-refractivity contribution in [1.82, 2.24) is 0 Å². The lowest BCUT2D eigenvalue weighted by molar-refractivity contribution is -0.255. The van der Waals surface area contributed by atoms with Crippen molar-refractivity contribution in [2.45, 2.75) is 0 Å². The van der Waals surface area contributed by atoms with Gasteiger partial charge in [0.25, 0.3) is 0 Å². The third-order valence-electron chi connectivity index (χ3n) is 2.71. The summed E-state index contributed by atoms with van der Waals surface area (Å²) in [6, 6.07) is 8.32. The zero-order valence-electron chi connectivity index (χ0n) is 12.0. The van der Waals surface area contributed by atoms with Crippen LogP contribution in [0.1, 0.15) is 31.1 Å². The fourth-order valence-corrected chi connectivity index (χ4v) is 1.87. The minimum atomic E-state index is -1.61. The van der Waals surface area contributed by atoms with Gasteiger partial charge in [0, 0.05) is 5.56 Å². The van der Waals surface area contributed by atoms with Crippen molar-refractivity contribution < 1.29 is 35.4 Å². The zero-order chi connectivity index (χ0) is 18.4. The van der Waals surface area contributed by atoms with Gasteiger partial charge in [-0.25, -0.2) is 9.59 Å². The number of carbonyl (C=O) groups excluding carboxylic acids is 1. The Hall–Kier alpha value is -2.61. The number of aromatic carboxylic acids is 3. The number of carboxylic acid groups (broad SMARTS) is 3. The van der Waals surface area contributed by atoms with Crippen LogP contribution in [0.2, 0.25) is 10.0 Å². The Labute approximate surface area is 145 Å². The van der Waals surface area contributed by atoms with Crippen LogP contribution in [0.3, 0.4) is 0 Å². The normalized spacial score (nSPS) is 9.62. The second-order valence-corrected chi connectivity index (χ2v) is 5.22. The molecule has 0 saturated heterocycles. The van der Waals surface area contributed by atoms with E-state index < -0.39 is 29.0 Å². The molecule has 5 N–H and O–H groups in total. The molecule has 0 unspecified atom stereocenters. The predicted molar refractivity (Wildman–Crippen MR) is 83.7 cm³/mol. The van der Waals surface area contributed by atoms with Gasteiger partial charge in [0.1, 0.15) is 5.69 Å². The molecule has 0 bridgehead atoms. The molecule has 0 aliphatic carbocycles. The maximum absolute atomic E-state index is 10.6. The molecule has 0 aliphatic heterocycles. The van der Waals surface area contributed by atoms with E-state index in [1.165, 1.54) is 12.1 Å². The summed E-state index contributed by atoms with van der Waals surface area (Å²) >= 11 is 11.0. The van der Waals surface area contributed by atoms with E-state index in [1.54, 1.807) is 12.1 Å². The van der Waals surface area contributed by atoms with Crippen molar-refractivity contribution in [2.75, 3.05) is 0 Å². The molecule has 0 fully saturated rings. The molecule has 0 spiro atoms. The van der Waals surface area contributed by atoms with Gasteiger partial charge in [-0.3, -0.25) is 0 Å². The first kappa shape index (κ1) is 19.4. The van der Waals surface area contributed by atoms with Crippen molar-refractivity contribution in [3.8, 4) is 0 Å². The maximum atomic E-state index is 10.6. The van der Waals surface area contributed by atoms with E-state index in [0.29, 0.717) is 5.56 Å². The van der Waals surface area contributed by atoms with Gasteiger partial charge in [-0.1, -0.05) is 23.2 Å². The van der Waals surface area contributed by atoms with Gasteiger partial charge < -0.3 is 25.8 Å². The average molecular weight is 372 g/mol. The molecule has 126 valence electrons. The van der Waals surface area contributed by atoms with Crippen LogP contribution >= 0.6 is 23.2 Å². The number of hydrogen-bond donors (Lipinski definition) is 3. The molecule has 0 atom stereocenters. The molecule has 9 heteroatoms. The Morgan fingerprint density at radius 3 is 1.71 bits per heavy atom. The second-order valence-electron chi connectivity index (χ2n) is 4.41. The van der Waals surface area contributed by atoms with Gasteiger partial charge in [-0.15, -0.1) is 0 Å². The Morgan fingerprint density at radius 2 is 1.33 bits per heavy atom. The summed E-state index contributed by atoms with van der Waals surface area (Å²) in [4.78, 5) is 31.4. The molecule has 2 rings (SSSR count). The first-order chi connectivity index (χ1) is 11.1. The fourth-order valence-electron chi connectivity index (χ4n) is 1.54. The zero-order valence-corrected chi connectivity index (χ0v) is 13.5. The monoisotopic (exact) mass is 371 g/mol. The van der Waals surface area contributed by atoms with E-state index in [-0.39, 0.29) is 10.0 Å². The second kappa shape index (κ2) is 8.30. The van der Waals surface area contributed by atoms with E-state index in [0.717, 1.165) is 17.8 Å². The van der Waals surface area contributed by atoms with Crippen molar-refractivity contribution in [1.29, 1.82) is 0 Å². The van der Waals surface area contributed by atoms with Crippen LogP contribution in [0, 0.1) is 0 Å². The largest absolute Gasteiger partial charge is 0.545 e. The summed E-state index contributed by atoms with van der Waals surface area (Å²) in [5.41, 5.74) is 3.81. The van der Waals surface area contributed by atoms with Crippen LogP contribution < -0.4 is 10.8 Å². The lowest BCUT2D eigenvalue weighted by Gasteiger charge is -2.08. The molecule has 24 heavy (non-hydrogen) atoms. The van der Waals surface area contributed by atoms with Crippen molar-refractivity contribution in [3.63, 3.8) is 0 Å². The number of benzene rings is 2. The number of halogens is 2. The highest BCUT2D eigenvalue weighted by Crippen LogP contribution is 2.25. The van der Waals surface area contributed by atoms with Crippen LogP contribution in [-0.4, -0.2) is 28.1 Å². The molecular formula is C15H11Cl2NO6. The van der Waals surface area contributed by atoms with Crippen LogP contribution in [-0.2, 0) is 0 Å². The number of carbonyl (C=O) groups is 3. The van der Waals surface area contributed by atoms with Crippen LogP contribution in [0.25, 0.3) is 0 Å². The molecule has 7 nitrogen and oxygen atoms in total. The maximum Gasteiger partial charge on any atom is 0.336 e. The Kier molecular flexibility index (Phi) is 6.72. The Morgan fingerprint density at radius 1 is 0.875 bits per heavy atom. The SMILES string of the molecule is O=C([O-])c1cc(Cl)c(Cl)cc1C(=O)O.[NH3+]c1ccc(C(=O)O)cc1. The van der Waals surface area contributed by atoms with Gasteiger partial charge in [0.2, 0.25) is 0 Å². The van der Waals surface area contributed by atoms with E-state index in [2.05, 4.69) is 5.73 Å². The fraction of sp³-hybridized carbons (Fsp3) is 0. The third-order valence-corrected chi connectivity index (χ3v) is 3.43. The highest BCUT2D eigenvalue weighted by atomic mass is 35.5. The molecule has 0 amide bonds. The summed E-state index contributed by atoms with van der Waals surface area (Å²) in [5, 5.41) is 27.6. The Balaban J connectivity index is 0.000000254. The minimum Gasteiger partial charge on any atom is -0.545 e. The van der Waals surface area contributed by atoms with Gasteiger partial charge in [-0.05, 0) is 36.4 Å².